The maximum Gasteiger partial charge on any atom is 0.109 e. The van der Waals surface area contributed by atoms with Crippen molar-refractivity contribution in [2.75, 3.05) is 0 Å². The Hall–Kier alpha value is -2.08. The summed E-state index contributed by atoms with van der Waals surface area (Å²) in [4.78, 5) is 3.81. The number of nitrogens with zero attached hydrogens (tertiary/aromatic N) is 3. The fourth-order valence-electron chi connectivity index (χ4n) is 1.10. The SMILES string of the molecule is N#Cc1cccc(-n2c[c]nc2)c1. The van der Waals surface area contributed by atoms with Gasteiger partial charge in [-0.2, -0.15) is 5.26 Å². The van der Waals surface area contributed by atoms with Crippen LogP contribution in [0.4, 0.5) is 0 Å². The van der Waals surface area contributed by atoms with Crippen molar-refractivity contribution in [3.63, 3.8) is 0 Å². The molecule has 2 aromatic rings. The molecule has 0 saturated carbocycles. The molecule has 0 amide bonds. The molecule has 0 spiro atoms. The molecule has 1 aromatic carbocycles. The average Bonchev–Trinajstić information content (AvgIpc) is 2.71. The smallest absolute Gasteiger partial charge is 0.109 e. The molecule has 0 atom stereocenters. The van der Waals surface area contributed by atoms with E-state index >= 15 is 0 Å². The van der Waals surface area contributed by atoms with Crippen molar-refractivity contribution in [3.05, 3.63) is 48.5 Å². The first-order chi connectivity index (χ1) is 6.40. The van der Waals surface area contributed by atoms with Crippen LogP contribution in [0.5, 0.6) is 0 Å². The third-order valence-electron chi connectivity index (χ3n) is 1.73. The average molecular weight is 168 g/mol. The van der Waals surface area contributed by atoms with Gasteiger partial charge in [-0.3, -0.25) is 0 Å². The summed E-state index contributed by atoms with van der Waals surface area (Å²) in [5.41, 5.74) is 1.57. The number of imidazole rings is 1. The van der Waals surface area contributed by atoms with Gasteiger partial charge in [0, 0.05) is 11.9 Å². The Labute approximate surface area is 75.9 Å². The largest absolute Gasteiger partial charge is 0.306 e. The first-order valence-corrected chi connectivity index (χ1v) is 3.81. The highest BCUT2D eigenvalue weighted by Gasteiger charge is 1.95. The Morgan fingerprint density at radius 3 is 3.08 bits per heavy atom. The van der Waals surface area contributed by atoms with Gasteiger partial charge in [0.2, 0.25) is 0 Å². The maximum atomic E-state index is 8.68. The van der Waals surface area contributed by atoms with Gasteiger partial charge < -0.3 is 4.57 Å². The molecule has 13 heavy (non-hydrogen) atoms. The van der Waals surface area contributed by atoms with Crippen LogP contribution in [-0.4, -0.2) is 9.55 Å². The minimum absolute atomic E-state index is 0.645. The number of hydrogen-bond donors (Lipinski definition) is 0. The number of benzene rings is 1. The monoisotopic (exact) mass is 168 g/mol. The molecule has 0 aliphatic heterocycles. The van der Waals surface area contributed by atoms with Crippen molar-refractivity contribution in [2.45, 2.75) is 0 Å². The molecule has 2 rings (SSSR count). The van der Waals surface area contributed by atoms with Crippen LogP contribution in [0.1, 0.15) is 5.56 Å². The lowest BCUT2D eigenvalue weighted by Crippen LogP contribution is -1.89. The summed E-state index contributed by atoms with van der Waals surface area (Å²) in [6, 6.07) is 9.41. The predicted octanol–water partition coefficient (Wildman–Crippen LogP) is 1.54. The minimum Gasteiger partial charge on any atom is -0.306 e. The first-order valence-electron chi connectivity index (χ1n) is 3.81. The standard InChI is InChI=1S/C10H6N3/c11-7-9-2-1-3-10(6-9)13-5-4-12-8-13/h1-3,5-6,8H. The third kappa shape index (κ3) is 1.42. The topological polar surface area (TPSA) is 41.6 Å². The van der Waals surface area contributed by atoms with Crippen molar-refractivity contribution in [1.29, 1.82) is 5.26 Å². The molecule has 0 aliphatic rings. The minimum atomic E-state index is 0.645. The van der Waals surface area contributed by atoms with Crippen LogP contribution in [0, 0.1) is 17.5 Å². The highest BCUT2D eigenvalue weighted by Crippen LogP contribution is 2.08. The van der Waals surface area contributed by atoms with Crippen LogP contribution in [0.25, 0.3) is 5.69 Å². The second-order valence-corrected chi connectivity index (χ2v) is 2.57. The van der Waals surface area contributed by atoms with E-state index in [4.69, 9.17) is 5.26 Å². The molecule has 0 fully saturated rings. The maximum absolute atomic E-state index is 8.68. The first kappa shape index (κ1) is 7.56. The Morgan fingerprint density at radius 1 is 1.46 bits per heavy atom. The van der Waals surface area contributed by atoms with Gasteiger partial charge in [0.05, 0.1) is 18.0 Å². The van der Waals surface area contributed by atoms with E-state index in [9.17, 15) is 0 Å². The molecule has 0 unspecified atom stereocenters. The molecule has 0 saturated heterocycles. The summed E-state index contributed by atoms with van der Waals surface area (Å²) in [6.07, 6.45) is 6.06. The van der Waals surface area contributed by atoms with Crippen LogP contribution >= 0.6 is 0 Å². The van der Waals surface area contributed by atoms with Gasteiger partial charge in [-0.1, -0.05) is 6.07 Å². The van der Waals surface area contributed by atoms with Gasteiger partial charge >= 0.3 is 0 Å². The lowest BCUT2D eigenvalue weighted by Gasteiger charge is -2.00. The summed E-state index contributed by atoms with van der Waals surface area (Å²) in [7, 11) is 0. The van der Waals surface area contributed by atoms with Gasteiger partial charge in [0.15, 0.2) is 0 Å². The highest BCUT2D eigenvalue weighted by atomic mass is 15.0. The second kappa shape index (κ2) is 3.11. The van der Waals surface area contributed by atoms with Crippen LogP contribution in [-0.2, 0) is 0 Å². The van der Waals surface area contributed by atoms with E-state index in [2.05, 4.69) is 17.3 Å². The summed E-state index contributed by atoms with van der Waals surface area (Å²) in [5.74, 6) is 0. The molecule has 3 nitrogen and oxygen atoms in total. The van der Waals surface area contributed by atoms with E-state index in [1.165, 1.54) is 0 Å². The van der Waals surface area contributed by atoms with Gasteiger partial charge in [-0.15, -0.1) is 0 Å². The molecule has 1 heterocycles. The molecule has 1 radical (unpaired) electrons. The number of aromatic nitrogens is 2. The van der Waals surface area contributed by atoms with Crippen molar-refractivity contribution in [2.24, 2.45) is 0 Å². The summed E-state index contributed by atoms with van der Waals surface area (Å²) < 4.78 is 1.81. The van der Waals surface area contributed by atoms with Crippen molar-refractivity contribution < 1.29 is 0 Å². The summed E-state index contributed by atoms with van der Waals surface area (Å²) in [6.45, 7) is 0. The molecule has 0 aliphatic carbocycles. The fourth-order valence-corrected chi connectivity index (χ4v) is 1.10. The van der Waals surface area contributed by atoms with Crippen molar-refractivity contribution >= 4 is 0 Å². The van der Waals surface area contributed by atoms with Crippen LogP contribution in [0.2, 0.25) is 0 Å². The molecule has 0 N–H and O–H groups in total. The van der Waals surface area contributed by atoms with E-state index in [1.54, 1.807) is 29.2 Å². The molecule has 0 bridgehead atoms. The van der Waals surface area contributed by atoms with Crippen molar-refractivity contribution in [1.82, 2.24) is 9.55 Å². The molecular weight excluding hydrogens is 162 g/mol. The quantitative estimate of drug-likeness (QED) is 0.648. The zero-order chi connectivity index (χ0) is 9.10. The van der Waals surface area contributed by atoms with Gasteiger partial charge in [-0.05, 0) is 18.2 Å². The van der Waals surface area contributed by atoms with Crippen LogP contribution in [0.15, 0.2) is 36.8 Å². The second-order valence-electron chi connectivity index (χ2n) is 2.57. The summed E-state index contributed by atoms with van der Waals surface area (Å²) >= 11 is 0. The van der Waals surface area contributed by atoms with E-state index in [-0.39, 0.29) is 0 Å². The van der Waals surface area contributed by atoms with Crippen molar-refractivity contribution in [3.8, 4) is 11.8 Å². The molecule has 1 aromatic heterocycles. The Kier molecular flexibility index (Phi) is 1.81. The normalized spacial score (nSPS) is 9.46. The number of hydrogen-bond acceptors (Lipinski definition) is 2. The van der Waals surface area contributed by atoms with Gasteiger partial charge in [-0.25, -0.2) is 4.98 Å². The van der Waals surface area contributed by atoms with Crippen LogP contribution < -0.4 is 0 Å². The van der Waals surface area contributed by atoms with Gasteiger partial charge in [0.1, 0.15) is 6.20 Å². The number of rotatable bonds is 1. The van der Waals surface area contributed by atoms with E-state index < -0.39 is 0 Å². The lowest BCUT2D eigenvalue weighted by molar-refractivity contribution is 1.06. The third-order valence-corrected chi connectivity index (χ3v) is 1.73. The zero-order valence-electron chi connectivity index (χ0n) is 6.81. The molecule has 3 heteroatoms. The lowest BCUT2D eigenvalue weighted by atomic mass is 10.2. The zero-order valence-corrected chi connectivity index (χ0v) is 6.81. The fraction of sp³-hybridized carbons (Fsp3) is 0. The Bertz CT molecular complexity index is 437. The predicted molar refractivity (Wildman–Crippen MR) is 47.1 cm³/mol. The van der Waals surface area contributed by atoms with Gasteiger partial charge in [0.25, 0.3) is 0 Å². The van der Waals surface area contributed by atoms with Crippen LogP contribution in [0.3, 0.4) is 0 Å². The van der Waals surface area contributed by atoms with E-state index in [0.29, 0.717) is 5.56 Å². The molecule has 61 valence electrons. The Morgan fingerprint density at radius 2 is 2.38 bits per heavy atom. The molecular formula is C10H6N3. The number of nitriles is 1. The van der Waals surface area contributed by atoms with E-state index in [1.807, 2.05) is 12.1 Å². The van der Waals surface area contributed by atoms with E-state index in [0.717, 1.165) is 5.69 Å². The summed E-state index contributed by atoms with van der Waals surface area (Å²) in [5, 5.41) is 8.68. The Balaban J connectivity index is 2.49. The highest BCUT2D eigenvalue weighted by molar-refractivity contribution is 5.40.